The summed E-state index contributed by atoms with van der Waals surface area (Å²) in [6.45, 7) is 3.02. The number of sulfonamides is 1. The molecule has 1 aromatic rings. The number of halogens is 1. The van der Waals surface area contributed by atoms with Gasteiger partial charge in [-0.1, -0.05) is 33.6 Å². The summed E-state index contributed by atoms with van der Waals surface area (Å²) in [6.07, 6.45) is 0.380. The van der Waals surface area contributed by atoms with Gasteiger partial charge in [0.05, 0.1) is 23.1 Å². The Labute approximate surface area is 139 Å². The van der Waals surface area contributed by atoms with E-state index in [1.54, 1.807) is 24.3 Å². The summed E-state index contributed by atoms with van der Waals surface area (Å²) in [6, 6.07) is 6.82. The van der Waals surface area contributed by atoms with E-state index in [0.29, 0.717) is 26.0 Å². The van der Waals surface area contributed by atoms with E-state index < -0.39 is 21.7 Å². The zero-order valence-electron chi connectivity index (χ0n) is 12.4. The maximum absolute atomic E-state index is 13.0. The summed E-state index contributed by atoms with van der Waals surface area (Å²) in [7, 11) is -3.67. The molecule has 22 heavy (non-hydrogen) atoms. The predicted molar refractivity (Wildman–Crippen MR) is 86.6 cm³/mol. The van der Waals surface area contributed by atoms with Crippen LogP contribution >= 0.6 is 15.9 Å². The third-order valence-corrected chi connectivity index (χ3v) is 7.87. The molecule has 5 nitrogen and oxygen atoms in total. The van der Waals surface area contributed by atoms with Crippen LogP contribution in [-0.2, 0) is 14.8 Å². The molecule has 0 bridgehead atoms. The highest BCUT2D eigenvalue weighted by Gasteiger charge is 2.58. The number of hydrogen-bond donors (Lipinski definition) is 1. The lowest BCUT2D eigenvalue weighted by molar-refractivity contribution is -0.0458. The minimum Gasteiger partial charge on any atom is -0.391 e. The first kappa shape index (κ1) is 16.4. The number of nitrogens with zero attached hydrogens (tertiary/aromatic N) is 1. The monoisotopic (exact) mass is 389 g/mol. The van der Waals surface area contributed by atoms with Crippen LogP contribution < -0.4 is 0 Å². The fourth-order valence-corrected chi connectivity index (χ4v) is 6.18. The molecular weight excluding hydrogens is 370 g/mol. The molecule has 2 unspecified atom stereocenters. The number of alkyl halides is 1. The Hall–Kier alpha value is -0.470. The van der Waals surface area contributed by atoms with Gasteiger partial charge < -0.3 is 9.84 Å². The van der Waals surface area contributed by atoms with Crippen LogP contribution in [0, 0.1) is 6.92 Å². The minimum absolute atomic E-state index is 0.119. The van der Waals surface area contributed by atoms with E-state index in [9.17, 15) is 13.5 Å². The smallest absolute Gasteiger partial charge is 0.243 e. The van der Waals surface area contributed by atoms with Gasteiger partial charge in [-0.2, -0.15) is 4.31 Å². The molecule has 0 saturated carbocycles. The van der Waals surface area contributed by atoms with Gasteiger partial charge >= 0.3 is 0 Å². The van der Waals surface area contributed by atoms with Gasteiger partial charge in [0.15, 0.2) is 0 Å². The number of aliphatic hydroxyl groups excluding tert-OH is 1. The molecular formula is C15H20BrNO4S. The summed E-state index contributed by atoms with van der Waals surface area (Å²) in [4.78, 5) is 0.142. The van der Waals surface area contributed by atoms with Crippen LogP contribution in [0.2, 0.25) is 0 Å². The van der Waals surface area contributed by atoms with Crippen molar-refractivity contribution in [1.29, 1.82) is 0 Å². The van der Waals surface area contributed by atoms with Crippen LogP contribution in [0.15, 0.2) is 29.2 Å². The summed E-state index contributed by atoms with van der Waals surface area (Å²) in [5.74, 6) is 0. The second-order valence-corrected chi connectivity index (χ2v) is 8.96. The van der Waals surface area contributed by atoms with E-state index in [-0.39, 0.29) is 16.3 Å². The molecule has 2 saturated heterocycles. The third-order valence-electron chi connectivity index (χ3n) is 4.65. The Bertz CT molecular complexity index is 648. The minimum atomic E-state index is -3.67. The average Bonchev–Trinajstić information content (AvgIpc) is 2.81. The van der Waals surface area contributed by atoms with E-state index in [1.165, 1.54) is 4.31 Å². The Balaban J connectivity index is 2.03. The summed E-state index contributed by atoms with van der Waals surface area (Å²) in [5.41, 5.74) is 0.0941. The molecule has 2 aliphatic heterocycles. The lowest BCUT2D eigenvalue weighted by Gasteiger charge is -2.45. The molecule has 0 aliphatic carbocycles. The van der Waals surface area contributed by atoms with Gasteiger partial charge in [0.2, 0.25) is 10.0 Å². The molecule has 0 aromatic heterocycles. The predicted octanol–water partition coefficient (Wildman–Crippen LogP) is 1.67. The molecule has 3 rings (SSSR count). The van der Waals surface area contributed by atoms with Crippen molar-refractivity contribution in [1.82, 2.24) is 4.31 Å². The van der Waals surface area contributed by atoms with Crippen molar-refractivity contribution in [2.45, 2.75) is 41.1 Å². The standard InChI is InChI=1S/C15H20BrNO4S/c1-11-2-4-12(5-3-11)22(19,20)17-8-6-14(18)15(17)10-21-9-7-13(15)16/h2-5,13-14,18H,6-10H2,1H3/t13?,14?,15-/m0/s1. The molecule has 7 heteroatoms. The highest BCUT2D eigenvalue weighted by Crippen LogP contribution is 2.43. The van der Waals surface area contributed by atoms with E-state index >= 15 is 0 Å². The van der Waals surface area contributed by atoms with Crippen LogP contribution in [0.25, 0.3) is 0 Å². The largest absolute Gasteiger partial charge is 0.391 e. The summed E-state index contributed by atoms with van der Waals surface area (Å²) < 4.78 is 33.1. The van der Waals surface area contributed by atoms with Crippen LogP contribution in [0.3, 0.4) is 0 Å². The van der Waals surface area contributed by atoms with Crippen molar-refractivity contribution < 1.29 is 18.3 Å². The zero-order valence-corrected chi connectivity index (χ0v) is 14.8. The van der Waals surface area contributed by atoms with Crippen molar-refractivity contribution in [2.75, 3.05) is 19.8 Å². The first-order chi connectivity index (χ1) is 10.4. The Morgan fingerprint density at radius 2 is 2.00 bits per heavy atom. The fraction of sp³-hybridized carbons (Fsp3) is 0.600. The molecule has 3 atom stereocenters. The summed E-state index contributed by atoms with van der Waals surface area (Å²) >= 11 is 3.58. The fourth-order valence-electron chi connectivity index (χ4n) is 3.34. The molecule has 1 spiro atoms. The van der Waals surface area contributed by atoms with Gasteiger partial charge in [-0.15, -0.1) is 0 Å². The van der Waals surface area contributed by atoms with Gasteiger partial charge in [-0.3, -0.25) is 0 Å². The number of hydrogen-bond acceptors (Lipinski definition) is 4. The molecule has 2 heterocycles. The molecule has 0 radical (unpaired) electrons. The van der Waals surface area contributed by atoms with E-state index in [1.807, 2.05) is 6.92 Å². The topological polar surface area (TPSA) is 66.8 Å². The van der Waals surface area contributed by atoms with Crippen LogP contribution in [0.5, 0.6) is 0 Å². The number of aliphatic hydroxyl groups is 1. The van der Waals surface area contributed by atoms with Crippen LogP contribution in [-0.4, -0.2) is 54.1 Å². The average molecular weight is 390 g/mol. The number of ether oxygens (including phenoxy) is 1. The van der Waals surface area contributed by atoms with Crippen LogP contribution in [0.1, 0.15) is 18.4 Å². The Morgan fingerprint density at radius 3 is 2.64 bits per heavy atom. The summed E-state index contributed by atoms with van der Waals surface area (Å²) in [5, 5.41) is 10.5. The van der Waals surface area contributed by atoms with Gasteiger partial charge in [-0.25, -0.2) is 8.42 Å². The van der Waals surface area contributed by atoms with E-state index in [4.69, 9.17) is 4.74 Å². The maximum atomic E-state index is 13.0. The Morgan fingerprint density at radius 1 is 1.32 bits per heavy atom. The van der Waals surface area contributed by atoms with E-state index in [0.717, 1.165) is 5.56 Å². The van der Waals surface area contributed by atoms with Gasteiger partial charge in [-0.05, 0) is 31.9 Å². The third kappa shape index (κ3) is 2.43. The quantitative estimate of drug-likeness (QED) is 0.781. The van der Waals surface area contributed by atoms with Crippen LogP contribution in [0.4, 0.5) is 0 Å². The zero-order chi connectivity index (χ0) is 16.0. The van der Waals surface area contributed by atoms with Crippen molar-refractivity contribution >= 4 is 26.0 Å². The highest BCUT2D eigenvalue weighted by molar-refractivity contribution is 9.09. The molecule has 2 aliphatic rings. The van der Waals surface area contributed by atoms with Crippen molar-refractivity contribution in [2.24, 2.45) is 0 Å². The van der Waals surface area contributed by atoms with Gasteiger partial charge in [0.25, 0.3) is 0 Å². The van der Waals surface area contributed by atoms with Crippen molar-refractivity contribution in [3.05, 3.63) is 29.8 Å². The maximum Gasteiger partial charge on any atom is 0.243 e. The SMILES string of the molecule is Cc1ccc(S(=O)(=O)N2CCC(O)[C@@]23COCCC3Br)cc1. The van der Waals surface area contributed by atoms with E-state index in [2.05, 4.69) is 15.9 Å². The highest BCUT2D eigenvalue weighted by atomic mass is 79.9. The lowest BCUT2D eigenvalue weighted by Crippen LogP contribution is -2.63. The normalized spacial score (nSPS) is 33.4. The molecule has 2 fully saturated rings. The second-order valence-electron chi connectivity index (χ2n) is 5.99. The van der Waals surface area contributed by atoms with Crippen molar-refractivity contribution in [3.63, 3.8) is 0 Å². The van der Waals surface area contributed by atoms with Gasteiger partial charge in [0.1, 0.15) is 0 Å². The second kappa shape index (κ2) is 5.87. The first-order valence-electron chi connectivity index (χ1n) is 7.38. The molecule has 0 amide bonds. The Kier molecular flexibility index (Phi) is 4.37. The molecule has 1 N–H and O–H groups in total. The van der Waals surface area contributed by atoms with Gasteiger partial charge in [0, 0.05) is 18.0 Å². The molecule has 1 aromatic carbocycles. The lowest BCUT2D eigenvalue weighted by atomic mass is 9.88. The number of benzene rings is 1. The number of rotatable bonds is 2. The molecule has 122 valence electrons. The number of aryl methyl sites for hydroxylation is 1. The van der Waals surface area contributed by atoms with Crippen molar-refractivity contribution in [3.8, 4) is 0 Å². The first-order valence-corrected chi connectivity index (χ1v) is 9.74.